The summed E-state index contributed by atoms with van der Waals surface area (Å²) in [4.78, 5) is 15.8. The Morgan fingerprint density at radius 3 is 2.37 bits per heavy atom. The van der Waals surface area contributed by atoms with Crippen LogP contribution in [0, 0.1) is 11.3 Å². The van der Waals surface area contributed by atoms with Crippen molar-refractivity contribution in [2.24, 2.45) is 0 Å². The van der Waals surface area contributed by atoms with Gasteiger partial charge in [-0.25, -0.2) is 0 Å². The lowest BCUT2D eigenvalue weighted by Crippen LogP contribution is -3.29. The maximum atomic E-state index is 12.9. The number of nitriles is 1. The number of anilines is 1. The predicted molar refractivity (Wildman–Crippen MR) is 119 cm³/mol. The Bertz CT molecular complexity index is 879. The molecule has 3 rings (SSSR count). The number of rotatable bonds is 7. The Morgan fingerprint density at radius 1 is 1.07 bits per heavy atom. The zero-order valence-corrected chi connectivity index (χ0v) is 18.4. The zero-order chi connectivity index (χ0) is 21.5. The van der Waals surface area contributed by atoms with Gasteiger partial charge in [-0.15, -0.1) is 0 Å². The van der Waals surface area contributed by atoms with Crippen molar-refractivity contribution < 1.29 is 14.6 Å². The molecule has 2 aromatic carbocycles. The summed E-state index contributed by atoms with van der Waals surface area (Å²) in [5.41, 5.74) is 4.14. The van der Waals surface area contributed by atoms with Crippen LogP contribution in [0.25, 0.3) is 0 Å². The van der Waals surface area contributed by atoms with E-state index in [0.29, 0.717) is 11.5 Å². The van der Waals surface area contributed by atoms with Crippen molar-refractivity contribution in [1.29, 1.82) is 5.26 Å². The average molecular weight is 407 g/mol. The first-order valence-corrected chi connectivity index (χ1v) is 11.1. The quantitative estimate of drug-likeness (QED) is 0.651. The van der Waals surface area contributed by atoms with Crippen molar-refractivity contribution in [1.82, 2.24) is 0 Å². The van der Waals surface area contributed by atoms with Crippen molar-refractivity contribution in [2.45, 2.75) is 45.7 Å². The van der Waals surface area contributed by atoms with Gasteiger partial charge in [0, 0.05) is 11.3 Å². The number of hydrogen-bond acceptors (Lipinski definition) is 2. The van der Waals surface area contributed by atoms with Gasteiger partial charge < -0.3 is 15.1 Å². The van der Waals surface area contributed by atoms with Crippen molar-refractivity contribution in [3.63, 3.8) is 0 Å². The predicted octanol–water partition coefficient (Wildman–Crippen LogP) is 1.38. The number of piperazine rings is 1. The van der Waals surface area contributed by atoms with Crippen LogP contribution < -0.4 is 15.1 Å². The molecule has 5 heteroatoms. The SMILES string of the molecule is CC[C@@H](C)c1ccccc1NC(=O)[C@@H](C)[NH+]1CC[NH+](Cc2ccc(C#N)cc2)CC1. The first-order chi connectivity index (χ1) is 14.5. The molecular formula is C25H34N4O+2. The van der Waals surface area contributed by atoms with Crippen LogP contribution in [-0.2, 0) is 11.3 Å². The highest BCUT2D eigenvalue weighted by Crippen LogP contribution is 2.26. The number of carbonyl (C=O) groups excluding carboxylic acids is 1. The van der Waals surface area contributed by atoms with Crippen LogP contribution in [0.3, 0.4) is 0 Å². The molecule has 1 fully saturated rings. The van der Waals surface area contributed by atoms with Crippen LogP contribution in [-0.4, -0.2) is 38.1 Å². The molecule has 0 saturated carbocycles. The lowest BCUT2D eigenvalue weighted by atomic mass is 9.97. The lowest BCUT2D eigenvalue weighted by Gasteiger charge is -2.32. The molecule has 2 aromatic rings. The molecule has 5 nitrogen and oxygen atoms in total. The molecule has 30 heavy (non-hydrogen) atoms. The molecular weight excluding hydrogens is 372 g/mol. The minimum Gasteiger partial charge on any atom is -0.322 e. The van der Waals surface area contributed by atoms with Crippen molar-refractivity contribution in [3.05, 3.63) is 65.2 Å². The van der Waals surface area contributed by atoms with Gasteiger partial charge in [-0.2, -0.15) is 5.26 Å². The van der Waals surface area contributed by atoms with E-state index in [4.69, 9.17) is 5.26 Å². The van der Waals surface area contributed by atoms with Crippen LogP contribution in [0.15, 0.2) is 48.5 Å². The van der Waals surface area contributed by atoms with Crippen molar-refractivity contribution >= 4 is 11.6 Å². The topological polar surface area (TPSA) is 61.8 Å². The van der Waals surface area contributed by atoms with E-state index in [0.717, 1.165) is 44.8 Å². The highest BCUT2D eigenvalue weighted by molar-refractivity contribution is 5.94. The van der Waals surface area contributed by atoms with E-state index < -0.39 is 0 Å². The van der Waals surface area contributed by atoms with Gasteiger partial charge >= 0.3 is 0 Å². The first kappa shape index (κ1) is 22.0. The van der Waals surface area contributed by atoms with Crippen LogP contribution in [0.1, 0.15) is 49.8 Å². The number of carbonyl (C=O) groups is 1. The van der Waals surface area contributed by atoms with E-state index in [2.05, 4.69) is 43.4 Å². The van der Waals surface area contributed by atoms with Gasteiger partial charge in [0.15, 0.2) is 6.04 Å². The number of hydrogen-bond donors (Lipinski definition) is 3. The van der Waals surface area contributed by atoms with Gasteiger partial charge in [0.05, 0.1) is 11.6 Å². The maximum Gasteiger partial charge on any atom is 0.282 e. The maximum absolute atomic E-state index is 12.9. The van der Waals surface area contributed by atoms with Crippen molar-refractivity contribution in [3.8, 4) is 6.07 Å². The molecule has 0 aromatic heterocycles. The molecule has 1 amide bonds. The fraction of sp³-hybridized carbons (Fsp3) is 0.440. The fourth-order valence-electron chi connectivity index (χ4n) is 4.21. The normalized spacial score (nSPS) is 20.7. The van der Waals surface area contributed by atoms with Gasteiger partial charge in [-0.05, 0) is 43.0 Å². The van der Waals surface area contributed by atoms with E-state index in [1.54, 1.807) is 0 Å². The average Bonchev–Trinajstić information content (AvgIpc) is 2.79. The molecule has 1 aliphatic rings. The number of quaternary nitrogens is 2. The van der Waals surface area contributed by atoms with Gasteiger partial charge in [0.1, 0.15) is 32.7 Å². The molecule has 0 aliphatic carbocycles. The molecule has 0 unspecified atom stereocenters. The Hall–Kier alpha value is -2.68. The second-order valence-corrected chi connectivity index (χ2v) is 8.50. The summed E-state index contributed by atoms with van der Waals surface area (Å²) in [5.74, 6) is 0.537. The van der Waals surface area contributed by atoms with E-state index in [1.165, 1.54) is 20.9 Å². The van der Waals surface area contributed by atoms with Gasteiger partial charge in [0.2, 0.25) is 0 Å². The number of para-hydroxylation sites is 1. The standard InChI is InChI=1S/C25H32N4O/c1-4-19(2)23-7-5-6-8-24(23)27-25(30)20(3)29-15-13-28(14-16-29)18-22-11-9-21(17-26)10-12-22/h5-12,19-20H,4,13-16,18H2,1-3H3,(H,27,30)/p+2/t19-,20-/m1/s1. The molecule has 0 spiro atoms. The van der Waals surface area contributed by atoms with E-state index in [9.17, 15) is 4.79 Å². The number of amides is 1. The minimum absolute atomic E-state index is 0.0635. The number of benzene rings is 2. The molecule has 158 valence electrons. The molecule has 0 bridgehead atoms. The highest BCUT2D eigenvalue weighted by Gasteiger charge is 2.31. The van der Waals surface area contributed by atoms with Crippen LogP contribution >= 0.6 is 0 Å². The Kier molecular flexibility index (Phi) is 7.62. The number of nitrogens with one attached hydrogen (secondary N) is 3. The van der Waals surface area contributed by atoms with Gasteiger partial charge in [-0.1, -0.05) is 44.2 Å². The third kappa shape index (κ3) is 5.47. The van der Waals surface area contributed by atoms with Crippen LogP contribution in [0.2, 0.25) is 0 Å². The Labute approximate surface area is 180 Å². The summed E-state index contributed by atoms with van der Waals surface area (Å²) in [6.07, 6.45) is 1.05. The third-order valence-corrected chi connectivity index (χ3v) is 6.50. The number of nitrogens with zero attached hydrogens (tertiary/aromatic N) is 1. The molecule has 1 saturated heterocycles. The van der Waals surface area contributed by atoms with E-state index >= 15 is 0 Å². The second kappa shape index (κ2) is 10.4. The zero-order valence-electron chi connectivity index (χ0n) is 18.4. The third-order valence-electron chi connectivity index (χ3n) is 6.50. The molecule has 1 aliphatic heterocycles. The summed E-state index contributed by atoms with van der Waals surface area (Å²) in [7, 11) is 0. The Balaban J connectivity index is 1.53. The monoisotopic (exact) mass is 406 g/mol. The van der Waals surface area contributed by atoms with Gasteiger partial charge in [0.25, 0.3) is 5.91 Å². The summed E-state index contributed by atoms with van der Waals surface area (Å²) in [6.45, 7) is 11.5. The van der Waals surface area contributed by atoms with E-state index in [-0.39, 0.29) is 11.9 Å². The first-order valence-electron chi connectivity index (χ1n) is 11.1. The summed E-state index contributed by atoms with van der Waals surface area (Å²) >= 11 is 0. The van der Waals surface area contributed by atoms with Crippen LogP contribution in [0.5, 0.6) is 0 Å². The molecule has 0 radical (unpaired) electrons. The van der Waals surface area contributed by atoms with E-state index in [1.807, 2.05) is 37.3 Å². The van der Waals surface area contributed by atoms with Crippen molar-refractivity contribution in [2.75, 3.05) is 31.5 Å². The smallest absolute Gasteiger partial charge is 0.282 e. The minimum atomic E-state index is -0.0635. The second-order valence-electron chi connectivity index (χ2n) is 8.50. The van der Waals surface area contributed by atoms with Crippen LogP contribution in [0.4, 0.5) is 5.69 Å². The molecule has 1 heterocycles. The molecule has 2 atom stereocenters. The fourth-order valence-corrected chi connectivity index (χ4v) is 4.21. The van der Waals surface area contributed by atoms with Gasteiger partial charge in [-0.3, -0.25) is 4.79 Å². The summed E-state index contributed by atoms with van der Waals surface area (Å²) in [6, 6.07) is 18.2. The largest absolute Gasteiger partial charge is 0.322 e. The summed E-state index contributed by atoms with van der Waals surface area (Å²) in [5, 5.41) is 12.1. The summed E-state index contributed by atoms with van der Waals surface area (Å²) < 4.78 is 0. The Morgan fingerprint density at radius 2 is 1.73 bits per heavy atom. The highest BCUT2D eigenvalue weighted by atomic mass is 16.2. The lowest BCUT2D eigenvalue weighted by molar-refractivity contribution is -1.02. The molecule has 3 N–H and O–H groups in total.